The first-order valence-corrected chi connectivity index (χ1v) is 12.1. The van der Waals surface area contributed by atoms with E-state index >= 15 is 0 Å². The third kappa shape index (κ3) is 7.28. The summed E-state index contributed by atoms with van der Waals surface area (Å²) in [7, 11) is 0. The van der Waals surface area contributed by atoms with Gasteiger partial charge in [-0.15, -0.1) is 0 Å². The van der Waals surface area contributed by atoms with Crippen LogP contribution in [0.4, 0.5) is 0 Å². The minimum atomic E-state index is 0.521. The Morgan fingerprint density at radius 1 is 1.00 bits per heavy atom. The van der Waals surface area contributed by atoms with Crippen molar-refractivity contribution in [2.24, 2.45) is 10.9 Å². The summed E-state index contributed by atoms with van der Waals surface area (Å²) >= 11 is 0. The summed E-state index contributed by atoms with van der Waals surface area (Å²) < 4.78 is 0. The number of rotatable bonds is 7. The number of nitrogens with zero attached hydrogens (tertiary/aromatic N) is 3. The Kier molecular flexibility index (Phi) is 9.01. The number of hydrogen-bond donors (Lipinski definition) is 2. The van der Waals surface area contributed by atoms with Crippen molar-refractivity contribution in [3.8, 4) is 0 Å². The molecule has 0 saturated carbocycles. The highest BCUT2D eigenvalue weighted by atomic mass is 15.2. The summed E-state index contributed by atoms with van der Waals surface area (Å²) in [5.74, 6) is 1.84. The third-order valence-electron chi connectivity index (χ3n) is 6.67. The van der Waals surface area contributed by atoms with Crippen molar-refractivity contribution < 1.29 is 0 Å². The molecule has 2 fully saturated rings. The molecular weight excluding hydrogens is 370 g/mol. The van der Waals surface area contributed by atoms with Crippen molar-refractivity contribution in [1.29, 1.82) is 0 Å². The minimum Gasteiger partial charge on any atom is -0.357 e. The van der Waals surface area contributed by atoms with Crippen LogP contribution in [0.5, 0.6) is 0 Å². The maximum Gasteiger partial charge on any atom is 0.191 e. The van der Waals surface area contributed by atoms with Gasteiger partial charge in [0.2, 0.25) is 0 Å². The largest absolute Gasteiger partial charge is 0.357 e. The van der Waals surface area contributed by atoms with Gasteiger partial charge in [-0.25, -0.2) is 4.99 Å². The molecule has 30 heavy (non-hydrogen) atoms. The van der Waals surface area contributed by atoms with Crippen LogP contribution in [0, 0.1) is 5.92 Å². The normalized spacial score (nSPS) is 20.6. The number of benzene rings is 1. The zero-order valence-corrected chi connectivity index (χ0v) is 19.7. The van der Waals surface area contributed by atoms with Gasteiger partial charge in [0.1, 0.15) is 0 Å². The van der Waals surface area contributed by atoms with Crippen molar-refractivity contribution in [2.45, 2.75) is 78.6 Å². The summed E-state index contributed by atoms with van der Waals surface area (Å²) in [5, 5.41) is 7.08. The Labute approximate surface area is 184 Å². The highest BCUT2D eigenvalue weighted by Gasteiger charge is 2.21. The number of likely N-dealkylation sites (tertiary alicyclic amines) is 2. The molecule has 0 unspecified atom stereocenters. The van der Waals surface area contributed by atoms with Gasteiger partial charge in [-0.1, -0.05) is 31.2 Å². The van der Waals surface area contributed by atoms with E-state index in [1.165, 1.54) is 63.0 Å². The Hall–Kier alpha value is -1.59. The van der Waals surface area contributed by atoms with E-state index in [0.717, 1.165) is 31.5 Å². The average Bonchev–Trinajstić information content (AvgIpc) is 2.75. The predicted molar refractivity (Wildman–Crippen MR) is 128 cm³/mol. The van der Waals surface area contributed by atoms with Crippen molar-refractivity contribution in [1.82, 2.24) is 20.4 Å². The second kappa shape index (κ2) is 11.7. The van der Waals surface area contributed by atoms with Gasteiger partial charge in [0.25, 0.3) is 0 Å². The van der Waals surface area contributed by atoms with Crippen molar-refractivity contribution in [3.63, 3.8) is 0 Å². The highest BCUT2D eigenvalue weighted by Crippen LogP contribution is 2.18. The highest BCUT2D eigenvalue weighted by molar-refractivity contribution is 5.80. The van der Waals surface area contributed by atoms with E-state index in [1.54, 1.807) is 0 Å². The SMILES string of the molecule is CCNC(=NCc1ccc(CN2CCC(C)CC2)cc1)NC1CCN(C(C)C)CC1. The maximum absolute atomic E-state index is 4.86. The van der Waals surface area contributed by atoms with Crippen LogP contribution < -0.4 is 10.6 Å². The molecule has 0 atom stereocenters. The molecule has 2 aliphatic rings. The quantitative estimate of drug-likeness (QED) is 0.526. The van der Waals surface area contributed by atoms with Crippen LogP contribution in [0.1, 0.15) is 64.5 Å². The Morgan fingerprint density at radius 3 is 2.23 bits per heavy atom. The predicted octanol–water partition coefficient (Wildman–Crippen LogP) is 3.85. The van der Waals surface area contributed by atoms with Crippen LogP contribution in [-0.4, -0.2) is 60.6 Å². The van der Waals surface area contributed by atoms with Gasteiger partial charge in [-0.3, -0.25) is 4.90 Å². The van der Waals surface area contributed by atoms with Gasteiger partial charge in [0.15, 0.2) is 5.96 Å². The van der Waals surface area contributed by atoms with Crippen LogP contribution in [0.25, 0.3) is 0 Å². The van der Waals surface area contributed by atoms with E-state index in [1.807, 2.05) is 0 Å². The fourth-order valence-electron chi connectivity index (χ4n) is 4.47. The van der Waals surface area contributed by atoms with Gasteiger partial charge >= 0.3 is 0 Å². The lowest BCUT2D eigenvalue weighted by molar-refractivity contribution is 0.167. The Bertz CT molecular complexity index is 638. The lowest BCUT2D eigenvalue weighted by atomic mass is 9.99. The van der Waals surface area contributed by atoms with Gasteiger partial charge in [-0.2, -0.15) is 0 Å². The number of aliphatic imine (C=N–C) groups is 1. The first-order valence-electron chi connectivity index (χ1n) is 12.1. The molecule has 0 amide bonds. The summed E-state index contributed by atoms with van der Waals surface area (Å²) in [6.07, 6.45) is 5.05. The number of nitrogens with one attached hydrogen (secondary N) is 2. The molecule has 168 valence electrons. The van der Waals surface area contributed by atoms with Gasteiger partial charge in [0, 0.05) is 38.3 Å². The van der Waals surface area contributed by atoms with Crippen molar-refractivity contribution >= 4 is 5.96 Å². The average molecular weight is 414 g/mol. The minimum absolute atomic E-state index is 0.521. The Balaban J connectivity index is 1.48. The molecule has 2 aliphatic heterocycles. The van der Waals surface area contributed by atoms with E-state index in [9.17, 15) is 0 Å². The van der Waals surface area contributed by atoms with Gasteiger partial charge in [0.05, 0.1) is 6.54 Å². The second-order valence-corrected chi connectivity index (χ2v) is 9.52. The monoisotopic (exact) mass is 413 g/mol. The second-order valence-electron chi connectivity index (χ2n) is 9.52. The molecule has 5 heteroatoms. The van der Waals surface area contributed by atoms with Gasteiger partial charge < -0.3 is 15.5 Å². The number of hydrogen-bond acceptors (Lipinski definition) is 3. The van der Waals surface area contributed by atoms with Crippen molar-refractivity contribution in [2.75, 3.05) is 32.7 Å². The van der Waals surface area contributed by atoms with E-state index in [2.05, 4.69) is 72.4 Å². The van der Waals surface area contributed by atoms with Crippen LogP contribution in [-0.2, 0) is 13.1 Å². The standard InChI is InChI=1S/C25H43N5/c1-5-26-25(28-24-12-16-30(17-13-24)20(2)3)27-18-22-6-8-23(9-7-22)19-29-14-10-21(4)11-15-29/h6-9,20-21,24H,5,10-19H2,1-4H3,(H2,26,27,28). The lowest BCUT2D eigenvalue weighted by Crippen LogP contribution is -2.49. The van der Waals surface area contributed by atoms with Crippen LogP contribution in [0.15, 0.2) is 29.3 Å². The fourth-order valence-corrected chi connectivity index (χ4v) is 4.47. The van der Waals surface area contributed by atoms with E-state index in [-0.39, 0.29) is 0 Å². The first-order chi connectivity index (χ1) is 14.5. The molecule has 0 aliphatic carbocycles. The smallest absolute Gasteiger partial charge is 0.191 e. The molecule has 1 aromatic carbocycles. The summed E-state index contributed by atoms with van der Waals surface area (Å²) in [4.78, 5) is 10.0. The first kappa shape index (κ1) is 23.1. The maximum atomic E-state index is 4.86. The van der Waals surface area contributed by atoms with Crippen LogP contribution in [0.3, 0.4) is 0 Å². The molecule has 0 bridgehead atoms. The fraction of sp³-hybridized carbons (Fsp3) is 0.720. The Morgan fingerprint density at radius 2 is 1.63 bits per heavy atom. The van der Waals surface area contributed by atoms with Crippen LogP contribution >= 0.6 is 0 Å². The van der Waals surface area contributed by atoms with E-state index in [0.29, 0.717) is 12.1 Å². The zero-order valence-electron chi connectivity index (χ0n) is 19.7. The summed E-state index contributed by atoms with van der Waals surface area (Å²) in [6, 6.07) is 10.2. The van der Waals surface area contributed by atoms with Gasteiger partial charge in [-0.05, 0) is 76.6 Å². The molecule has 5 nitrogen and oxygen atoms in total. The molecular formula is C25H43N5. The molecule has 2 saturated heterocycles. The lowest BCUT2D eigenvalue weighted by Gasteiger charge is -2.35. The molecule has 2 N–H and O–H groups in total. The number of piperidine rings is 2. The molecule has 0 spiro atoms. The summed E-state index contributed by atoms with van der Waals surface area (Å²) in [6.45, 7) is 16.6. The molecule has 3 rings (SSSR count). The zero-order chi connectivity index (χ0) is 21.3. The molecule has 0 aromatic heterocycles. The molecule has 2 heterocycles. The van der Waals surface area contributed by atoms with E-state index in [4.69, 9.17) is 4.99 Å². The molecule has 1 aromatic rings. The van der Waals surface area contributed by atoms with Crippen molar-refractivity contribution in [3.05, 3.63) is 35.4 Å². The van der Waals surface area contributed by atoms with E-state index < -0.39 is 0 Å². The third-order valence-corrected chi connectivity index (χ3v) is 6.67. The molecule has 0 radical (unpaired) electrons. The topological polar surface area (TPSA) is 42.9 Å². The number of guanidine groups is 1. The van der Waals surface area contributed by atoms with Crippen LogP contribution in [0.2, 0.25) is 0 Å². The summed E-state index contributed by atoms with van der Waals surface area (Å²) in [5.41, 5.74) is 2.69.